The Bertz CT molecular complexity index is 1530. The fraction of sp³-hybridized carbons (Fsp3) is 0.483. The summed E-state index contributed by atoms with van der Waals surface area (Å²) in [6.45, 7) is 14.2. The van der Waals surface area contributed by atoms with Gasteiger partial charge in [0, 0.05) is 36.0 Å². The Morgan fingerprint density at radius 2 is 2.00 bits per heavy atom. The number of nitrogens with one attached hydrogen (secondary N) is 1. The van der Waals surface area contributed by atoms with Crippen LogP contribution in [0.5, 0.6) is 0 Å². The Morgan fingerprint density at radius 3 is 2.72 bits per heavy atom. The van der Waals surface area contributed by atoms with Crippen LogP contribution in [0.2, 0.25) is 0 Å². The van der Waals surface area contributed by atoms with Crippen molar-refractivity contribution in [3.05, 3.63) is 60.8 Å². The molecule has 0 saturated heterocycles. The number of hydrogen-bond donors (Lipinski definition) is 2. The molecule has 1 unspecified atom stereocenters. The molecule has 0 amide bonds. The van der Waals surface area contributed by atoms with Crippen molar-refractivity contribution < 1.29 is 24.1 Å². The van der Waals surface area contributed by atoms with Gasteiger partial charge in [0.2, 0.25) is 0 Å². The van der Waals surface area contributed by atoms with E-state index in [-0.39, 0.29) is 18.6 Å². The summed E-state index contributed by atoms with van der Waals surface area (Å²) in [5, 5.41) is 16.1. The number of nitrogens with zero attached hydrogens (tertiary/aromatic N) is 3. The van der Waals surface area contributed by atoms with Crippen LogP contribution in [-0.4, -0.2) is 65.4 Å². The molecular formula is C29H36N4O6. The third-order valence-corrected chi connectivity index (χ3v) is 7.93. The molecule has 5 heterocycles. The molecule has 2 N–H and O–H groups in total. The van der Waals surface area contributed by atoms with Gasteiger partial charge in [-0.25, -0.2) is 9.78 Å². The monoisotopic (exact) mass is 536 g/mol. The van der Waals surface area contributed by atoms with Gasteiger partial charge in [-0.1, -0.05) is 20.4 Å². The van der Waals surface area contributed by atoms with E-state index in [4.69, 9.17) is 19.2 Å². The zero-order chi connectivity index (χ0) is 27.9. The molecule has 2 aromatic rings. The predicted octanol–water partition coefficient (Wildman–Crippen LogP) is 0.437. The van der Waals surface area contributed by atoms with Crippen molar-refractivity contribution in [2.24, 2.45) is 0 Å². The van der Waals surface area contributed by atoms with E-state index in [0.29, 0.717) is 65.7 Å². The van der Waals surface area contributed by atoms with E-state index >= 15 is 0 Å². The van der Waals surface area contributed by atoms with E-state index in [0.717, 1.165) is 36.0 Å². The van der Waals surface area contributed by atoms with Gasteiger partial charge in [0.1, 0.15) is 25.6 Å². The van der Waals surface area contributed by atoms with Crippen molar-refractivity contribution in [3.63, 3.8) is 0 Å². The van der Waals surface area contributed by atoms with Crippen LogP contribution in [0.15, 0.2) is 22.4 Å². The highest BCUT2D eigenvalue weighted by Gasteiger charge is 2.45. The zero-order valence-corrected chi connectivity index (χ0v) is 23.1. The number of fused-ring (bicyclic) bond motifs is 4. The molecule has 39 heavy (non-hydrogen) atoms. The van der Waals surface area contributed by atoms with E-state index in [2.05, 4.69) is 30.8 Å². The average Bonchev–Trinajstić information content (AvgIpc) is 3.29. The second kappa shape index (κ2) is 10.6. The highest BCUT2D eigenvalue weighted by molar-refractivity contribution is 5.84. The molecule has 1 atom stereocenters. The number of likely N-dealkylation sites (N-methyl/N-ethyl adjacent to an activating group) is 1. The second-order valence-electron chi connectivity index (χ2n) is 10.2. The first-order valence-electron chi connectivity index (χ1n) is 13.4. The molecule has 0 fully saturated rings. The Balaban J connectivity index is 1.66. The van der Waals surface area contributed by atoms with Gasteiger partial charge in [-0.3, -0.25) is 4.79 Å². The van der Waals surface area contributed by atoms with Gasteiger partial charge in [0.05, 0.1) is 28.8 Å². The maximum absolute atomic E-state index is 13.6. The summed E-state index contributed by atoms with van der Waals surface area (Å²) in [4.78, 5) is 33.2. The molecule has 10 nitrogen and oxygen atoms in total. The standard InChI is InChI=1S/C29H36N4O6/c1-6-29(36)23-13-24-26-21(15-33(24)27(34)22(23)16-39-28(29)35)20(14-30-8-9-32(5)7-2)19(17(3)31-26)12-25-18(4)37-10-11-38-25/h12-13,30,36H,3,6-11,14-16H2,1-2,4-5H3/b19-12+. The smallest absolute Gasteiger partial charge is 0.343 e. The highest BCUT2D eigenvalue weighted by atomic mass is 16.6. The Hall–Kier alpha value is -3.47. The lowest BCUT2D eigenvalue weighted by molar-refractivity contribution is -0.172. The first-order valence-corrected chi connectivity index (χ1v) is 13.4. The lowest BCUT2D eigenvalue weighted by Gasteiger charge is -2.31. The quantitative estimate of drug-likeness (QED) is 0.313. The summed E-state index contributed by atoms with van der Waals surface area (Å²) < 4.78 is 18.4. The van der Waals surface area contributed by atoms with Gasteiger partial charge in [-0.15, -0.1) is 0 Å². The van der Waals surface area contributed by atoms with Crippen molar-refractivity contribution in [2.45, 2.75) is 52.5 Å². The van der Waals surface area contributed by atoms with E-state index in [9.17, 15) is 14.7 Å². The normalized spacial score (nSPS) is 20.4. The molecule has 0 aliphatic carbocycles. The lowest BCUT2D eigenvalue weighted by atomic mass is 9.86. The minimum absolute atomic E-state index is 0.0917. The summed E-state index contributed by atoms with van der Waals surface area (Å²) in [5.41, 5.74) is 1.49. The molecule has 0 aromatic carbocycles. The number of aliphatic hydroxyl groups is 1. The van der Waals surface area contributed by atoms with Gasteiger partial charge < -0.3 is 34.1 Å². The number of pyridine rings is 2. The minimum atomic E-state index is -1.87. The molecule has 0 radical (unpaired) electrons. The van der Waals surface area contributed by atoms with Crippen LogP contribution >= 0.6 is 0 Å². The molecule has 0 saturated carbocycles. The van der Waals surface area contributed by atoms with E-state index in [1.807, 2.05) is 13.0 Å². The van der Waals surface area contributed by atoms with Crippen molar-refractivity contribution in [3.8, 4) is 11.4 Å². The van der Waals surface area contributed by atoms with E-state index in [1.54, 1.807) is 17.6 Å². The fourth-order valence-electron chi connectivity index (χ4n) is 5.34. The molecule has 10 heteroatoms. The number of allylic oxidation sites excluding steroid dienone is 2. The number of cyclic esters (lactones) is 1. The van der Waals surface area contributed by atoms with Crippen LogP contribution in [0.3, 0.4) is 0 Å². The van der Waals surface area contributed by atoms with Crippen molar-refractivity contribution >= 4 is 18.6 Å². The lowest BCUT2D eigenvalue weighted by Crippen LogP contribution is -2.44. The maximum Gasteiger partial charge on any atom is 0.343 e. The predicted molar refractivity (Wildman–Crippen MR) is 146 cm³/mol. The molecule has 5 rings (SSSR count). The Kier molecular flexibility index (Phi) is 7.37. The van der Waals surface area contributed by atoms with Crippen LogP contribution < -0.4 is 21.4 Å². The molecule has 0 spiro atoms. The summed E-state index contributed by atoms with van der Waals surface area (Å²) in [6.07, 6.45) is 2.01. The number of hydrogen-bond acceptors (Lipinski definition) is 9. The number of carbonyl (C=O) groups excluding carboxylic acids is 1. The van der Waals surface area contributed by atoms with Crippen molar-refractivity contribution in [1.29, 1.82) is 0 Å². The molecule has 2 aromatic heterocycles. The van der Waals surface area contributed by atoms with Gasteiger partial charge >= 0.3 is 5.97 Å². The van der Waals surface area contributed by atoms with Crippen LogP contribution in [0.25, 0.3) is 24.0 Å². The van der Waals surface area contributed by atoms with Crippen molar-refractivity contribution in [1.82, 2.24) is 19.8 Å². The number of esters is 1. The summed E-state index contributed by atoms with van der Waals surface area (Å²) in [7, 11) is 2.07. The number of carbonyl (C=O) groups is 1. The van der Waals surface area contributed by atoms with E-state index in [1.165, 1.54) is 0 Å². The Labute approximate surface area is 227 Å². The summed E-state index contributed by atoms with van der Waals surface area (Å²) >= 11 is 0. The third kappa shape index (κ3) is 4.66. The molecule has 208 valence electrons. The summed E-state index contributed by atoms with van der Waals surface area (Å²) in [5.74, 6) is 0.586. The van der Waals surface area contributed by atoms with Crippen molar-refractivity contribution in [2.75, 3.05) is 39.9 Å². The topological polar surface area (TPSA) is 115 Å². The fourth-order valence-corrected chi connectivity index (χ4v) is 5.34. The largest absolute Gasteiger partial charge is 0.491 e. The molecule has 0 bridgehead atoms. The maximum atomic E-state index is 13.6. The minimum Gasteiger partial charge on any atom is -0.491 e. The van der Waals surface area contributed by atoms with Crippen LogP contribution in [0, 0.1) is 0 Å². The van der Waals surface area contributed by atoms with Gasteiger partial charge in [0.25, 0.3) is 5.56 Å². The van der Waals surface area contributed by atoms with Crippen LogP contribution in [-0.2, 0) is 44.3 Å². The number of ether oxygens (including phenoxy) is 3. The highest BCUT2D eigenvalue weighted by Crippen LogP contribution is 2.37. The van der Waals surface area contributed by atoms with Crippen LogP contribution in [0.4, 0.5) is 0 Å². The van der Waals surface area contributed by atoms with Gasteiger partial charge in [-0.05, 0) is 44.6 Å². The SMILES string of the molecule is C=c1nc2c(c(CNCCN(C)CC)/c1=C/C1=C(C)OCCO1)Cn1c-2cc2c(c1=O)COC(=O)C2(O)CC. The molecule has 3 aliphatic rings. The van der Waals surface area contributed by atoms with E-state index < -0.39 is 11.6 Å². The second-order valence-corrected chi connectivity index (χ2v) is 10.2. The molecule has 3 aliphatic heterocycles. The number of aromatic nitrogens is 2. The first-order chi connectivity index (χ1) is 18.7. The Morgan fingerprint density at radius 1 is 1.23 bits per heavy atom. The number of rotatable bonds is 8. The van der Waals surface area contributed by atoms with Crippen LogP contribution in [0.1, 0.15) is 49.4 Å². The summed E-state index contributed by atoms with van der Waals surface area (Å²) in [6, 6.07) is 1.72. The van der Waals surface area contributed by atoms with Gasteiger partial charge in [0.15, 0.2) is 11.4 Å². The zero-order valence-electron chi connectivity index (χ0n) is 23.1. The average molecular weight is 537 g/mol. The third-order valence-electron chi connectivity index (χ3n) is 7.93. The van der Waals surface area contributed by atoms with Gasteiger partial charge in [-0.2, -0.15) is 0 Å². The first kappa shape index (κ1) is 27.1. The molecular weight excluding hydrogens is 500 g/mol.